The van der Waals surface area contributed by atoms with Crippen molar-refractivity contribution >= 4 is 5.97 Å². The number of ether oxygens (including phenoxy) is 2. The van der Waals surface area contributed by atoms with Crippen molar-refractivity contribution < 1.29 is 14.3 Å². The Bertz CT molecular complexity index is 322. The van der Waals surface area contributed by atoms with Gasteiger partial charge in [0.25, 0.3) is 0 Å². The van der Waals surface area contributed by atoms with Gasteiger partial charge in [0.2, 0.25) is 0 Å². The quantitative estimate of drug-likeness (QED) is 0.560. The molecule has 0 N–H and O–H groups in total. The van der Waals surface area contributed by atoms with Gasteiger partial charge in [0.1, 0.15) is 6.10 Å². The molecule has 0 aromatic carbocycles. The van der Waals surface area contributed by atoms with E-state index in [1.54, 1.807) is 0 Å². The third kappa shape index (κ3) is 2.29. The first-order valence-corrected chi connectivity index (χ1v) is 7.53. The lowest BCUT2D eigenvalue weighted by Gasteiger charge is -2.30. The van der Waals surface area contributed by atoms with Gasteiger partial charge < -0.3 is 9.47 Å². The van der Waals surface area contributed by atoms with E-state index in [2.05, 4.69) is 13.8 Å². The zero-order valence-corrected chi connectivity index (χ0v) is 11.4. The summed E-state index contributed by atoms with van der Waals surface area (Å²) in [4.78, 5) is 12.3. The Labute approximate surface area is 109 Å². The minimum Gasteiger partial charge on any atom is -0.462 e. The van der Waals surface area contributed by atoms with Gasteiger partial charge in [0, 0.05) is 0 Å². The summed E-state index contributed by atoms with van der Waals surface area (Å²) in [6.07, 6.45) is 7.69. The van der Waals surface area contributed by atoms with Crippen molar-refractivity contribution in [1.82, 2.24) is 0 Å². The Hall–Kier alpha value is -0.570. The fourth-order valence-electron chi connectivity index (χ4n) is 3.74. The van der Waals surface area contributed by atoms with Gasteiger partial charge in [-0.1, -0.05) is 20.3 Å². The van der Waals surface area contributed by atoms with E-state index < -0.39 is 0 Å². The Kier molecular flexibility index (Phi) is 3.35. The Morgan fingerprint density at radius 3 is 2.56 bits per heavy atom. The molecule has 3 nitrogen and oxygen atoms in total. The highest BCUT2D eigenvalue weighted by atomic mass is 16.6. The normalized spacial score (nSPS) is 44.2. The molecule has 5 atom stereocenters. The van der Waals surface area contributed by atoms with Crippen molar-refractivity contribution in [3.63, 3.8) is 0 Å². The molecule has 0 radical (unpaired) electrons. The zero-order valence-electron chi connectivity index (χ0n) is 11.4. The largest absolute Gasteiger partial charge is 0.462 e. The van der Waals surface area contributed by atoms with Crippen LogP contribution in [-0.2, 0) is 14.3 Å². The molecule has 5 unspecified atom stereocenters. The van der Waals surface area contributed by atoms with Crippen LogP contribution in [0.1, 0.15) is 52.4 Å². The van der Waals surface area contributed by atoms with Gasteiger partial charge in [-0.25, -0.2) is 0 Å². The average Bonchev–Trinajstić information content (AvgIpc) is 3.16. The fraction of sp³-hybridized carbons (Fsp3) is 0.933. The second-order valence-electron chi connectivity index (χ2n) is 6.44. The smallest absolute Gasteiger partial charge is 0.309 e. The maximum absolute atomic E-state index is 12.3. The van der Waals surface area contributed by atoms with Gasteiger partial charge >= 0.3 is 5.97 Å². The predicted octanol–water partition coefficient (Wildman–Crippen LogP) is 2.92. The number of rotatable bonds is 2. The number of hydrogen-bond donors (Lipinski definition) is 0. The third-order valence-electron chi connectivity index (χ3n) is 5.04. The SMILES string of the molecule is CC1CC(C(=O)OC2CCCCC2)C(C)C2OC12. The summed E-state index contributed by atoms with van der Waals surface area (Å²) in [5.41, 5.74) is 0. The van der Waals surface area contributed by atoms with Crippen molar-refractivity contribution in [2.45, 2.75) is 70.7 Å². The Balaban J connectivity index is 1.57. The van der Waals surface area contributed by atoms with Crippen molar-refractivity contribution in [2.24, 2.45) is 17.8 Å². The van der Waals surface area contributed by atoms with Crippen molar-refractivity contribution in [3.05, 3.63) is 0 Å². The molecule has 3 rings (SSSR count). The lowest BCUT2D eigenvalue weighted by molar-refractivity contribution is -0.158. The highest BCUT2D eigenvalue weighted by molar-refractivity contribution is 5.73. The van der Waals surface area contributed by atoms with Crippen LogP contribution in [0.2, 0.25) is 0 Å². The first-order chi connectivity index (χ1) is 8.66. The molecule has 1 aliphatic heterocycles. The summed E-state index contributed by atoms with van der Waals surface area (Å²) in [6.45, 7) is 4.33. The topological polar surface area (TPSA) is 38.8 Å². The summed E-state index contributed by atoms with van der Waals surface area (Å²) in [5.74, 6) is 0.943. The van der Waals surface area contributed by atoms with Crippen molar-refractivity contribution in [3.8, 4) is 0 Å². The van der Waals surface area contributed by atoms with E-state index in [4.69, 9.17) is 9.47 Å². The van der Waals surface area contributed by atoms with Gasteiger partial charge in [-0.15, -0.1) is 0 Å². The molecule has 0 bridgehead atoms. The van der Waals surface area contributed by atoms with E-state index in [9.17, 15) is 4.79 Å². The van der Waals surface area contributed by atoms with Crippen LogP contribution in [0.5, 0.6) is 0 Å². The third-order valence-corrected chi connectivity index (χ3v) is 5.04. The molecule has 102 valence electrons. The van der Waals surface area contributed by atoms with E-state index in [0.717, 1.165) is 19.3 Å². The van der Waals surface area contributed by atoms with Gasteiger partial charge in [-0.2, -0.15) is 0 Å². The number of epoxide rings is 1. The maximum atomic E-state index is 12.3. The molecule has 1 heterocycles. The number of esters is 1. The zero-order chi connectivity index (χ0) is 12.7. The molecule has 2 saturated carbocycles. The highest BCUT2D eigenvalue weighted by Gasteiger charge is 2.55. The first kappa shape index (κ1) is 12.5. The molecule has 2 aliphatic carbocycles. The number of hydrogen-bond acceptors (Lipinski definition) is 3. The van der Waals surface area contributed by atoms with E-state index in [1.807, 2.05) is 0 Å². The van der Waals surface area contributed by atoms with Crippen LogP contribution in [0, 0.1) is 17.8 Å². The molecular formula is C15H24O3. The molecule has 1 saturated heterocycles. The van der Waals surface area contributed by atoms with Crippen LogP contribution in [0.25, 0.3) is 0 Å². The first-order valence-electron chi connectivity index (χ1n) is 7.53. The Morgan fingerprint density at radius 2 is 1.83 bits per heavy atom. The molecule has 3 fully saturated rings. The van der Waals surface area contributed by atoms with Crippen LogP contribution in [0.15, 0.2) is 0 Å². The summed E-state index contributed by atoms with van der Waals surface area (Å²) in [6, 6.07) is 0. The summed E-state index contributed by atoms with van der Waals surface area (Å²) in [7, 11) is 0. The fourth-order valence-corrected chi connectivity index (χ4v) is 3.74. The molecule has 3 aliphatic rings. The van der Waals surface area contributed by atoms with Gasteiger partial charge in [0.15, 0.2) is 0 Å². The van der Waals surface area contributed by atoms with Gasteiger partial charge in [-0.3, -0.25) is 4.79 Å². The van der Waals surface area contributed by atoms with Crippen LogP contribution < -0.4 is 0 Å². The van der Waals surface area contributed by atoms with Crippen LogP contribution in [0.4, 0.5) is 0 Å². The van der Waals surface area contributed by atoms with E-state index in [1.165, 1.54) is 19.3 Å². The maximum Gasteiger partial charge on any atom is 0.309 e. The van der Waals surface area contributed by atoms with E-state index in [-0.39, 0.29) is 18.0 Å². The van der Waals surface area contributed by atoms with Crippen molar-refractivity contribution in [1.29, 1.82) is 0 Å². The minimum absolute atomic E-state index is 0.0372. The second-order valence-corrected chi connectivity index (χ2v) is 6.44. The lowest BCUT2D eigenvalue weighted by Crippen LogP contribution is -2.37. The molecule has 0 aromatic heterocycles. The average molecular weight is 252 g/mol. The molecule has 3 heteroatoms. The van der Waals surface area contributed by atoms with E-state index >= 15 is 0 Å². The Morgan fingerprint density at radius 1 is 1.11 bits per heavy atom. The lowest BCUT2D eigenvalue weighted by atomic mass is 9.75. The van der Waals surface area contributed by atoms with Crippen LogP contribution in [-0.4, -0.2) is 24.3 Å². The second kappa shape index (κ2) is 4.84. The van der Waals surface area contributed by atoms with E-state index in [0.29, 0.717) is 24.0 Å². The number of carbonyl (C=O) groups is 1. The summed E-state index contributed by atoms with van der Waals surface area (Å²) in [5, 5.41) is 0. The molecule has 0 aromatic rings. The minimum atomic E-state index is 0.0372. The van der Waals surface area contributed by atoms with Crippen LogP contribution in [0.3, 0.4) is 0 Å². The number of carbonyl (C=O) groups excluding carboxylic acids is 1. The summed E-state index contributed by atoms with van der Waals surface area (Å²) < 4.78 is 11.4. The predicted molar refractivity (Wildman–Crippen MR) is 68.1 cm³/mol. The number of fused-ring (bicyclic) bond motifs is 1. The molecule has 0 amide bonds. The van der Waals surface area contributed by atoms with Crippen molar-refractivity contribution in [2.75, 3.05) is 0 Å². The van der Waals surface area contributed by atoms with Gasteiger partial charge in [-0.05, 0) is 43.9 Å². The molecular weight excluding hydrogens is 228 g/mol. The standard InChI is InChI=1S/C15H24O3/c1-9-8-12(10(2)14-13(9)18-14)15(16)17-11-6-4-3-5-7-11/h9-14H,3-8H2,1-2H3. The molecule has 18 heavy (non-hydrogen) atoms. The van der Waals surface area contributed by atoms with Gasteiger partial charge in [0.05, 0.1) is 18.1 Å². The molecule has 0 spiro atoms. The highest BCUT2D eigenvalue weighted by Crippen LogP contribution is 2.47. The monoisotopic (exact) mass is 252 g/mol. The van der Waals surface area contributed by atoms with Crippen LogP contribution >= 0.6 is 0 Å². The summed E-state index contributed by atoms with van der Waals surface area (Å²) >= 11 is 0.